The van der Waals surface area contributed by atoms with Crippen LogP contribution in [0.3, 0.4) is 0 Å². The van der Waals surface area contributed by atoms with E-state index in [4.69, 9.17) is 4.98 Å². The van der Waals surface area contributed by atoms with Crippen molar-refractivity contribution in [3.8, 4) is 0 Å². The van der Waals surface area contributed by atoms with E-state index >= 15 is 0 Å². The SMILES string of the molecule is CNC(c1nc(C(C)C)cs1)c1cncn1C1CC1. The van der Waals surface area contributed by atoms with Gasteiger partial charge in [0.25, 0.3) is 0 Å². The van der Waals surface area contributed by atoms with Crippen LogP contribution in [0.5, 0.6) is 0 Å². The van der Waals surface area contributed by atoms with Crippen molar-refractivity contribution in [1.82, 2.24) is 19.9 Å². The standard InChI is InChI=1S/C14H20N4S/c1-9(2)11-7-19-14(17-11)13(15-3)12-6-16-8-18(12)10-4-5-10/h6-10,13,15H,4-5H2,1-3H3. The molecule has 0 amide bonds. The molecule has 1 aliphatic carbocycles. The van der Waals surface area contributed by atoms with Crippen molar-refractivity contribution in [2.45, 2.75) is 44.7 Å². The topological polar surface area (TPSA) is 42.7 Å². The third kappa shape index (κ3) is 2.44. The summed E-state index contributed by atoms with van der Waals surface area (Å²) in [7, 11) is 1.99. The molecule has 4 nitrogen and oxygen atoms in total. The highest BCUT2D eigenvalue weighted by atomic mass is 32.1. The Hall–Kier alpha value is -1.20. The molecule has 1 saturated carbocycles. The zero-order valence-electron chi connectivity index (χ0n) is 11.6. The molecule has 1 aliphatic rings. The van der Waals surface area contributed by atoms with Crippen LogP contribution < -0.4 is 5.32 Å². The Morgan fingerprint density at radius 2 is 2.21 bits per heavy atom. The van der Waals surface area contributed by atoms with Gasteiger partial charge in [-0.3, -0.25) is 0 Å². The number of thiazole rings is 1. The third-order valence-corrected chi connectivity index (χ3v) is 4.53. The Morgan fingerprint density at radius 1 is 1.42 bits per heavy atom. The molecule has 5 heteroatoms. The normalized spacial score (nSPS) is 17.1. The Kier molecular flexibility index (Phi) is 3.41. The van der Waals surface area contributed by atoms with E-state index in [0.717, 1.165) is 5.01 Å². The zero-order chi connectivity index (χ0) is 13.4. The summed E-state index contributed by atoms with van der Waals surface area (Å²) in [5.41, 5.74) is 2.41. The van der Waals surface area contributed by atoms with Gasteiger partial charge < -0.3 is 9.88 Å². The monoisotopic (exact) mass is 276 g/mol. The Labute approximate surface area is 117 Å². The molecule has 2 aromatic heterocycles. The minimum atomic E-state index is 0.153. The van der Waals surface area contributed by atoms with Crippen LogP contribution in [0.15, 0.2) is 17.9 Å². The average molecular weight is 276 g/mol. The molecule has 0 radical (unpaired) electrons. The van der Waals surface area contributed by atoms with E-state index in [1.807, 2.05) is 19.6 Å². The van der Waals surface area contributed by atoms with Crippen LogP contribution in [0, 0.1) is 0 Å². The van der Waals surface area contributed by atoms with Gasteiger partial charge in [-0.15, -0.1) is 11.3 Å². The molecule has 1 atom stereocenters. The maximum atomic E-state index is 4.77. The summed E-state index contributed by atoms with van der Waals surface area (Å²) in [4.78, 5) is 9.09. The van der Waals surface area contributed by atoms with Crippen LogP contribution in [-0.2, 0) is 0 Å². The molecule has 2 heterocycles. The Morgan fingerprint density at radius 3 is 2.79 bits per heavy atom. The number of nitrogens with one attached hydrogen (secondary N) is 1. The van der Waals surface area contributed by atoms with Crippen molar-refractivity contribution in [2.75, 3.05) is 7.05 Å². The fourth-order valence-corrected chi connectivity index (χ4v) is 3.39. The van der Waals surface area contributed by atoms with Gasteiger partial charge in [0.05, 0.1) is 23.9 Å². The molecule has 0 aromatic carbocycles. The van der Waals surface area contributed by atoms with Gasteiger partial charge in [-0.1, -0.05) is 13.8 Å². The molecule has 1 fully saturated rings. The fourth-order valence-electron chi connectivity index (χ4n) is 2.29. The number of imidazole rings is 1. The van der Waals surface area contributed by atoms with E-state index in [0.29, 0.717) is 12.0 Å². The molecule has 2 aromatic rings. The maximum absolute atomic E-state index is 4.77. The molecule has 0 saturated heterocycles. The molecule has 3 rings (SSSR count). The summed E-state index contributed by atoms with van der Waals surface area (Å²) < 4.78 is 2.30. The summed E-state index contributed by atoms with van der Waals surface area (Å²) in [5.74, 6) is 0.482. The molecule has 1 unspecified atom stereocenters. The molecular formula is C14H20N4S. The van der Waals surface area contributed by atoms with Crippen molar-refractivity contribution < 1.29 is 0 Å². The highest BCUT2D eigenvalue weighted by Crippen LogP contribution is 2.38. The number of hydrogen-bond acceptors (Lipinski definition) is 4. The predicted octanol–water partition coefficient (Wildman–Crippen LogP) is 3.11. The second-order valence-corrected chi connectivity index (χ2v) is 6.33. The summed E-state index contributed by atoms with van der Waals surface area (Å²) in [6.07, 6.45) is 6.47. The average Bonchev–Trinajstić information content (AvgIpc) is 2.92. The molecule has 19 heavy (non-hydrogen) atoms. The largest absolute Gasteiger partial charge is 0.330 e. The van der Waals surface area contributed by atoms with Gasteiger partial charge in [-0.25, -0.2) is 9.97 Å². The van der Waals surface area contributed by atoms with E-state index in [2.05, 4.69) is 34.1 Å². The lowest BCUT2D eigenvalue weighted by Gasteiger charge is -2.16. The number of hydrogen-bond donors (Lipinski definition) is 1. The van der Waals surface area contributed by atoms with E-state index < -0.39 is 0 Å². The van der Waals surface area contributed by atoms with Crippen LogP contribution in [-0.4, -0.2) is 21.6 Å². The van der Waals surface area contributed by atoms with E-state index in [9.17, 15) is 0 Å². The summed E-state index contributed by atoms with van der Waals surface area (Å²) >= 11 is 1.73. The van der Waals surface area contributed by atoms with Crippen molar-refractivity contribution in [2.24, 2.45) is 0 Å². The number of nitrogens with zero attached hydrogens (tertiary/aromatic N) is 3. The van der Waals surface area contributed by atoms with Crippen LogP contribution in [0.25, 0.3) is 0 Å². The highest BCUT2D eigenvalue weighted by molar-refractivity contribution is 7.09. The zero-order valence-corrected chi connectivity index (χ0v) is 12.4. The lowest BCUT2D eigenvalue weighted by atomic mass is 10.1. The Balaban J connectivity index is 1.92. The molecule has 1 N–H and O–H groups in total. The van der Waals surface area contributed by atoms with Crippen LogP contribution >= 0.6 is 11.3 Å². The molecule has 0 aliphatic heterocycles. The van der Waals surface area contributed by atoms with Gasteiger partial charge in [0.2, 0.25) is 0 Å². The van der Waals surface area contributed by atoms with E-state index in [1.165, 1.54) is 24.2 Å². The minimum Gasteiger partial charge on any atom is -0.330 e. The van der Waals surface area contributed by atoms with Gasteiger partial charge in [0, 0.05) is 11.4 Å². The first-order valence-corrected chi connectivity index (χ1v) is 7.73. The molecule has 0 spiro atoms. The molecule has 0 bridgehead atoms. The van der Waals surface area contributed by atoms with Gasteiger partial charge in [0.15, 0.2) is 0 Å². The van der Waals surface area contributed by atoms with Crippen LogP contribution in [0.1, 0.15) is 61.1 Å². The second-order valence-electron chi connectivity index (χ2n) is 5.44. The van der Waals surface area contributed by atoms with Crippen LogP contribution in [0.2, 0.25) is 0 Å². The van der Waals surface area contributed by atoms with Crippen LogP contribution in [0.4, 0.5) is 0 Å². The third-order valence-electron chi connectivity index (χ3n) is 3.60. The van der Waals surface area contributed by atoms with E-state index in [1.54, 1.807) is 11.3 Å². The van der Waals surface area contributed by atoms with Crippen molar-refractivity contribution in [3.63, 3.8) is 0 Å². The van der Waals surface area contributed by atoms with Gasteiger partial charge in [-0.05, 0) is 25.8 Å². The molecule has 102 valence electrons. The second kappa shape index (κ2) is 5.06. The number of aromatic nitrogens is 3. The number of rotatable bonds is 5. The van der Waals surface area contributed by atoms with E-state index in [-0.39, 0.29) is 6.04 Å². The summed E-state index contributed by atoms with van der Waals surface area (Å²) in [5, 5.41) is 6.68. The first-order chi connectivity index (χ1) is 9.20. The van der Waals surface area contributed by atoms with Crippen molar-refractivity contribution in [3.05, 3.63) is 34.3 Å². The van der Waals surface area contributed by atoms with Gasteiger partial charge >= 0.3 is 0 Å². The Bertz CT molecular complexity index is 553. The summed E-state index contributed by atoms with van der Waals surface area (Å²) in [6, 6.07) is 0.804. The lowest BCUT2D eigenvalue weighted by molar-refractivity contribution is 0.596. The molecular weight excluding hydrogens is 256 g/mol. The predicted molar refractivity (Wildman–Crippen MR) is 77.6 cm³/mol. The van der Waals surface area contributed by atoms with Crippen molar-refractivity contribution in [1.29, 1.82) is 0 Å². The first-order valence-electron chi connectivity index (χ1n) is 6.85. The first kappa shape index (κ1) is 12.8. The van der Waals surface area contributed by atoms with Gasteiger partial charge in [0.1, 0.15) is 11.0 Å². The smallest absolute Gasteiger partial charge is 0.116 e. The maximum Gasteiger partial charge on any atom is 0.116 e. The van der Waals surface area contributed by atoms with Gasteiger partial charge in [-0.2, -0.15) is 0 Å². The summed E-state index contributed by atoms with van der Waals surface area (Å²) in [6.45, 7) is 4.36. The minimum absolute atomic E-state index is 0.153. The highest BCUT2D eigenvalue weighted by Gasteiger charge is 2.29. The van der Waals surface area contributed by atoms with Crippen molar-refractivity contribution >= 4 is 11.3 Å². The fraction of sp³-hybridized carbons (Fsp3) is 0.571. The quantitative estimate of drug-likeness (QED) is 0.912. The lowest BCUT2D eigenvalue weighted by Crippen LogP contribution is -2.20.